The van der Waals surface area contributed by atoms with E-state index < -0.39 is 35.9 Å². The van der Waals surface area contributed by atoms with E-state index >= 15 is 0 Å². The molecule has 3 rings (SSSR count). The molecule has 3 aromatic rings. The highest BCUT2D eigenvalue weighted by molar-refractivity contribution is 5.92. The van der Waals surface area contributed by atoms with Crippen LogP contribution in [0.15, 0.2) is 59.7 Å². The van der Waals surface area contributed by atoms with Gasteiger partial charge in [-0.2, -0.15) is 0 Å². The summed E-state index contributed by atoms with van der Waals surface area (Å²) in [6, 6.07) is 10.5. The van der Waals surface area contributed by atoms with Crippen LogP contribution >= 0.6 is 0 Å². The number of nitrogens with zero attached hydrogens (tertiary/aromatic N) is 1. The van der Waals surface area contributed by atoms with E-state index in [2.05, 4.69) is 20.6 Å². The second-order valence-electron chi connectivity index (χ2n) is 8.95. The number of rotatable bonds is 13. The third-order valence-electron chi connectivity index (χ3n) is 6.02. The molecule has 0 bridgehead atoms. The van der Waals surface area contributed by atoms with Crippen molar-refractivity contribution in [3.8, 4) is 5.75 Å². The number of guanidine groups is 1. The lowest BCUT2D eigenvalue weighted by atomic mass is 10.0. The normalized spacial score (nSPS) is 13.3. The highest BCUT2D eigenvalue weighted by Crippen LogP contribution is 2.19. The van der Waals surface area contributed by atoms with E-state index in [1.54, 1.807) is 18.3 Å². The van der Waals surface area contributed by atoms with Crippen molar-refractivity contribution in [3.63, 3.8) is 0 Å². The summed E-state index contributed by atoms with van der Waals surface area (Å²) >= 11 is 0. The molecule has 0 aliphatic rings. The molecule has 0 aliphatic carbocycles. The van der Waals surface area contributed by atoms with Crippen LogP contribution in [0.3, 0.4) is 0 Å². The number of carbonyl (C=O) groups is 3. The summed E-state index contributed by atoms with van der Waals surface area (Å²) in [6.07, 6.45) is 2.47. The maximum atomic E-state index is 13.2. The monoisotopic (exact) mass is 523 g/mol. The zero-order chi connectivity index (χ0) is 27.7. The number of nitrogens with two attached hydrogens (primary N) is 3. The van der Waals surface area contributed by atoms with Crippen LogP contribution in [0.25, 0.3) is 10.9 Å². The number of aliphatic imine (C=N–C) groups is 1. The molecule has 0 spiro atoms. The van der Waals surface area contributed by atoms with Gasteiger partial charge in [-0.1, -0.05) is 30.3 Å². The van der Waals surface area contributed by atoms with Crippen molar-refractivity contribution in [2.45, 2.75) is 43.8 Å². The van der Waals surface area contributed by atoms with Gasteiger partial charge in [-0.3, -0.25) is 14.6 Å². The summed E-state index contributed by atoms with van der Waals surface area (Å²) in [4.78, 5) is 44.9. The van der Waals surface area contributed by atoms with Gasteiger partial charge in [0, 0.05) is 30.1 Å². The number of para-hydroxylation sites is 1. The number of carbonyl (C=O) groups excluding carboxylic acids is 2. The Morgan fingerprint density at radius 1 is 0.947 bits per heavy atom. The minimum Gasteiger partial charge on any atom is -0.508 e. The minimum absolute atomic E-state index is 0.0475. The van der Waals surface area contributed by atoms with Crippen LogP contribution in [-0.4, -0.2) is 63.6 Å². The summed E-state index contributed by atoms with van der Waals surface area (Å²) in [7, 11) is 0. The van der Waals surface area contributed by atoms with Gasteiger partial charge >= 0.3 is 5.97 Å². The van der Waals surface area contributed by atoms with Gasteiger partial charge in [-0.05, 0) is 48.6 Å². The minimum atomic E-state index is -1.23. The molecule has 12 nitrogen and oxygen atoms in total. The summed E-state index contributed by atoms with van der Waals surface area (Å²) in [5.41, 5.74) is 19.2. The molecular weight excluding hydrogens is 490 g/mol. The zero-order valence-corrected chi connectivity index (χ0v) is 20.8. The second-order valence-corrected chi connectivity index (χ2v) is 8.95. The van der Waals surface area contributed by atoms with Crippen molar-refractivity contribution in [2.24, 2.45) is 22.2 Å². The molecule has 3 unspecified atom stereocenters. The average Bonchev–Trinajstić information content (AvgIpc) is 3.28. The molecule has 0 fully saturated rings. The number of carboxylic acids is 1. The third kappa shape index (κ3) is 7.96. The number of phenolic OH excluding ortho intramolecular Hbond substituents is 1. The number of H-pyrrole nitrogens is 1. The number of hydrogen-bond acceptors (Lipinski definition) is 6. The molecule has 0 saturated carbocycles. The molecule has 11 N–H and O–H groups in total. The number of aromatic amines is 1. The first-order chi connectivity index (χ1) is 18.1. The number of aromatic hydroxyl groups is 1. The van der Waals surface area contributed by atoms with Crippen molar-refractivity contribution in [1.29, 1.82) is 0 Å². The van der Waals surface area contributed by atoms with E-state index in [1.165, 1.54) is 12.1 Å². The molecule has 2 amide bonds. The quantitative estimate of drug-likeness (QED) is 0.0869. The van der Waals surface area contributed by atoms with E-state index in [-0.39, 0.29) is 37.5 Å². The van der Waals surface area contributed by atoms with Gasteiger partial charge in [0.25, 0.3) is 0 Å². The molecule has 38 heavy (non-hydrogen) atoms. The van der Waals surface area contributed by atoms with Crippen LogP contribution in [0.1, 0.15) is 24.0 Å². The summed E-state index contributed by atoms with van der Waals surface area (Å²) in [5, 5.41) is 25.3. The van der Waals surface area contributed by atoms with E-state index in [0.717, 1.165) is 16.5 Å². The summed E-state index contributed by atoms with van der Waals surface area (Å²) in [6.45, 7) is 0.207. The number of carboxylic acid groups (broad SMARTS) is 1. The first kappa shape index (κ1) is 28.0. The summed E-state index contributed by atoms with van der Waals surface area (Å²) < 4.78 is 0. The number of amides is 2. The first-order valence-electron chi connectivity index (χ1n) is 12.1. The molecule has 1 heterocycles. The largest absolute Gasteiger partial charge is 0.508 e. The maximum Gasteiger partial charge on any atom is 0.326 e. The number of phenols is 1. The third-order valence-corrected chi connectivity index (χ3v) is 6.02. The zero-order valence-electron chi connectivity index (χ0n) is 20.8. The molecule has 12 heteroatoms. The molecule has 0 saturated heterocycles. The lowest BCUT2D eigenvalue weighted by Gasteiger charge is -2.23. The van der Waals surface area contributed by atoms with Crippen LogP contribution in [0.2, 0.25) is 0 Å². The number of aromatic nitrogens is 1. The predicted molar refractivity (Wildman–Crippen MR) is 143 cm³/mol. The Bertz CT molecular complexity index is 1280. The van der Waals surface area contributed by atoms with Gasteiger partial charge in [-0.25, -0.2) is 4.79 Å². The molecule has 3 atom stereocenters. The van der Waals surface area contributed by atoms with Crippen LogP contribution in [0.5, 0.6) is 5.75 Å². The van der Waals surface area contributed by atoms with E-state index in [1.807, 2.05) is 24.3 Å². The molecular formula is C26H33N7O5. The lowest BCUT2D eigenvalue weighted by Crippen LogP contribution is -2.55. The number of fused-ring (bicyclic) bond motifs is 1. The number of benzene rings is 2. The Labute approximate surface area is 219 Å². The van der Waals surface area contributed by atoms with E-state index in [0.29, 0.717) is 12.0 Å². The molecule has 202 valence electrons. The molecule has 1 aromatic heterocycles. The fourth-order valence-electron chi connectivity index (χ4n) is 4.02. The Morgan fingerprint density at radius 2 is 1.63 bits per heavy atom. The van der Waals surface area contributed by atoms with Gasteiger partial charge in [0.15, 0.2) is 5.96 Å². The highest BCUT2D eigenvalue weighted by atomic mass is 16.4. The fourth-order valence-corrected chi connectivity index (χ4v) is 4.02. The van der Waals surface area contributed by atoms with Crippen molar-refractivity contribution in [1.82, 2.24) is 15.6 Å². The molecule has 0 aliphatic heterocycles. The smallest absolute Gasteiger partial charge is 0.326 e. The van der Waals surface area contributed by atoms with Gasteiger partial charge in [0.2, 0.25) is 11.8 Å². The number of aliphatic carboxylic acids is 1. The van der Waals surface area contributed by atoms with Crippen LogP contribution < -0.4 is 27.8 Å². The Balaban J connectivity index is 1.71. The maximum absolute atomic E-state index is 13.2. The van der Waals surface area contributed by atoms with Gasteiger partial charge < -0.3 is 43.0 Å². The van der Waals surface area contributed by atoms with Crippen molar-refractivity contribution >= 4 is 34.6 Å². The number of hydrogen-bond donors (Lipinski definition) is 8. The SMILES string of the molecule is NC(N)=NCCCC(NC(=O)C(Cc1ccc(O)cc1)NC(=O)C(N)Cc1c[nH]c2ccccc12)C(=O)O. The van der Waals surface area contributed by atoms with Crippen LogP contribution in [0.4, 0.5) is 0 Å². The van der Waals surface area contributed by atoms with E-state index in [4.69, 9.17) is 17.2 Å². The van der Waals surface area contributed by atoms with Crippen molar-refractivity contribution in [2.75, 3.05) is 6.54 Å². The highest BCUT2D eigenvalue weighted by Gasteiger charge is 2.28. The van der Waals surface area contributed by atoms with E-state index in [9.17, 15) is 24.6 Å². The molecule has 0 radical (unpaired) electrons. The van der Waals surface area contributed by atoms with Crippen molar-refractivity contribution < 1.29 is 24.6 Å². The second kappa shape index (κ2) is 13.1. The topological polar surface area (TPSA) is 222 Å². The fraction of sp³-hybridized carbons (Fsp3) is 0.308. The lowest BCUT2D eigenvalue weighted by molar-refractivity contribution is -0.142. The Hall–Kier alpha value is -4.58. The Kier molecular flexibility index (Phi) is 9.66. The van der Waals surface area contributed by atoms with Crippen LogP contribution in [0, 0.1) is 0 Å². The van der Waals surface area contributed by atoms with Crippen molar-refractivity contribution in [3.05, 3.63) is 65.9 Å². The first-order valence-corrected chi connectivity index (χ1v) is 12.1. The average molecular weight is 524 g/mol. The standard InChI is InChI=1S/C26H33N7O5/c27-19(13-16-14-31-20-5-2-1-4-18(16)20)23(35)33-22(12-15-7-9-17(34)10-8-15)24(36)32-21(25(37)38)6-3-11-30-26(28)29/h1-2,4-5,7-10,14,19,21-22,31,34H,3,6,11-13,27H2,(H,32,36)(H,33,35)(H,37,38)(H4,28,29,30). The van der Waals surface area contributed by atoms with Gasteiger partial charge in [0.05, 0.1) is 6.04 Å². The molecule has 2 aromatic carbocycles. The number of nitrogens with one attached hydrogen (secondary N) is 3. The Morgan fingerprint density at radius 3 is 2.32 bits per heavy atom. The van der Waals surface area contributed by atoms with Gasteiger partial charge in [-0.15, -0.1) is 0 Å². The summed E-state index contributed by atoms with van der Waals surface area (Å²) in [5.74, 6) is -2.53. The van der Waals surface area contributed by atoms with Crippen LogP contribution in [-0.2, 0) is 27.2 Å². The van der Waals surface area contributed by atoms with Gasteiger partial charge in [0.1, 0.15) is 17.8 Å². The predicted octanol–water partition coefficient (Wildman–Crippen LogP) is 0.0938.